The van der Waals surface area contributed by atoms with Crippen molar-refractivity contribution in [1.29, 1.82) is 0 Å². The van der Waals surface area contributed by atoms with Gasteiger partial charge in [-0.05, 0) is 35.4 Å². The summed E-state index contributed by atoms with van der Waals surface area (Å²) in [4.78, 5) is 0. The lowest BCUT2D eigenvalue weighted by Crippen LogP contribution is -2.34. The first-order valence-electron chi connectivity index (χ1n) is 6.51. The van der Waals surface area contributed by atoms with Crippen LogP contribution in [0.25, 0.3) is 0 Å². The SMILES string of the molecule is Cc1ccc(C(C)(C)C)cc1CC(C)(C)C(F)(F)F. The molecule has 0 fully saturated rings. The second-order valence-electron chi connectivity index (χ2n) is 6.95. The summed E-state index contributed by atoms with van der Waals surface area (Å²) in [6.07, 6.45) is -4.16. The van der Waals surface area contributed by atoms with Crippen molar-refractivity contribution in [3.05, 3.63) is 34.9 Å². The Kier molecular flexibility index (Phi) is 4.09. The van der Waals surface area contributed by atoms with Gasteiger partial charge in [0, 0.05) is 0 Å². The van der Waals surface area contributed by atoms with Crippen molar-refractivity contribution < 1.29 is 13.2 Å². The van der Waals surface area contributed by atoms with Crippen molar-refractivity contribution in [2.45, 2.75) is 59.6 Å². The van der Waals surface area contributed by atoms with Crippen LogP contribution in [0.1, 0.15) is 51.3 Å². The van der Waals surface area contributed by atoms with Gasteiger partial charge in [-0.1, -0.05) is 52.8 Å². The molecule has 0 aromatic heterocycles. The highest BCUT2D eigenvalue weighted by atomic mass is 19.4. The van der Waals surface area contributed by atoms with Gasteiger partial charge in [0.25, 0.3) is 0 Å². The van der Waals surface area contributed by atoms with Crippen LogP contribution in [0.4, 0.5) is 13.2 Å². The highest BCUT2D eigenvalue weighted by molar-refractivity contribution is 5.35. The van der Waals surface area contributed by atoms with E-state index in [1.54, 1.807) is 0 Å². The van der Waals surface area contributed by atoms with Crippen molar-refractivity contribution in [3.8, 4) is 0 Å². The fraction of sp³-hybridized carbons (Fsp3) is 0.625. The van der Waals surface area contributed by atoms with Gasteiger partial charge in [-0.15, -0.1) is 0 Å². The largest absolute Gasteiger partial charge is 0.394 e. The summed E-state index contributed by atoms with van der Waals surface area (Å²) in [7, 11) is 0. The molecule has 0 heterocycles. The first-order chi connectivity index (χ1) is 8.34. The minimum Gasteiger partial charge on any atom is -0.171 e. The van der Waals surface area contributed by atoms with Crippen molar-refractivity contribution in [2.24, 2.45) is 5.41 Å². The molecule has 0 atom stereocenters. The fourth-order valence-corrected chi connectivity index (χ4v) is 1.90. The normalized spacial score (nSPS) is 13.7. The first kappa shape index (κ1) is 16.1. The minimum atomic E-state index is -4.18. The zero-order chi connectivity index (χ0) is 15.1. The molecule has 0 aliphatic rings. The van der Waals surface area contributed by atoms with Gasteiger partial charge in [0.2, 0.25) is 0 Å². The summed E-state index contributed by atoms with van der Waals surface area (Å²) in [6, 6.07) is 5.84. The molecule has 0 N–H and O–H groups in total. The molecule has 3 heteroatoms. The van der Waals surface area contributed by atoms with Crippen LogP contribution in [0.5, 0.6) is 0 Å². The smallest absolute Gasteiger partial charge is 0.171 e. The van der Waals surface area contributed by atoms with Gasteiger partial charge in [-0.25, -0.2) is 0 Å². The lowest BCUT2D eigenvalue weighted by Gasteiger charge is -2.29. The zero-order valence-electron chi connectivity index (χ0n) is 12.6. The average molecular weight is 272 g/mol. The fourth-order valence-electron chi connectivity index (χ4n) is 1.90. The molecule has 1 rings (SSSR count). The van der Waals surface area contributed by atoms with Crippen LogP contribution < -0.4 is 0 Å². The Labute approximate surface area is 114 Å². The first-order valence-corrected chi connectivity index (χ1v) is 6.51. The Morgan fingerprint density at radius 1 is 0.947 bits per heavy atom. The summed E-state index contributed by atoms with van der Waals surface area (Å²) in [5.41, 5.74) is 1.03. The lowest BCUT2D eigenvalue weighted by molar-refractivity contribution is -0.211. The number of benzene rings is 1. The lowest BCUT2D eigenvalue weighted by atomic mass is 9.80. The van der Waals surface area contributed by atoms with E-state index < -0.39 is 11.6 Å². The predicted octanol–water partition coefficient (Wildman–Crippen LogP) is 5.42. The molecule has 0 radical (unpaired) electrons. The number of rotatable bonds is 2. The Bertz CT molecular complexity index is 448. The number of alkyl halides is 3. The topological polar surface area (TPSA) is 0 Å². The minimum absolute atomic E-state index is 0.0201. The second kappa shape index (κ2) is 4.84. The van der Waals surface area contributed by atoms with Gasteiger partial charge in [0.1, 0.15) is 0 Å². The maximum absolute atomic E-state index is 13.0. The van der Waals surface area contributed by atoms with Gasteiger partial charge in [-0.2, -0.15) is 13.2 Å². The summed E-state index contributed by atoms with van der Waals surface area (Å²) in [5, 5.41) is 0. The van der Waals surface area contributed by atoms with Gasteiger partial charge in [0.15, 0.2) is 0 Å². The second-order valence-corrected chi connectivity index (χ2v) is 6.95. The van der Waals surface area contributed by atoms with Crippen LogP contribution in [0, 0.1) is 12.3 Å². The molecule has 19 heavy (non-hydrogen) atoms. The van der Waals surface area contributed by atoms with E-state index in [0.29, 0.717) is 0 Å². The molecule has 0 amide bonds. The van der Waals surface area contributed by atoms with Crippen molar-refractivity contribution in [1.82, 2.24) is 0 Å². The molecule has 0 saturated carbocycles. The Morgan fingerprint density at radius 2 is 1.47 bits per heavy atom. The van der Waals surface area contributed by atoms with Gasteiger partial charge in [-0.3, -0.25) is 0 Å². The van der Waals surface area contributed by atoms with Gasteiger partial charge >= 0.3 is 6.18 Å². The van der Waals surface area contributed by atoms with E-state index in [4.69, 9.17) is 0 Å². The van der Waals surface area contributed by atoms with Gasteiger partial charge < -0.3 is 0 Å². The maximum atomic E-state index is 13.0. The molecule has 0 aliphatic heterocycles. The summed E-state index contributed by atoms with van der Waals surface area (Å²) in [5.74, 6) is 0. The van der Waals surface area contributed by atoms with Crippen molar-refractivity contribution in [3.63, 3.8) is 0 Å². The van der Waals surface area contributed by atoms with Crippen LogP contribution in [-0.4, -0.2) is 6.18 Å². The van der Waals surface area contributed by atoms with Crippen LogP contribution in [0.15, 0.2) is 18.2 Å². The predicted molar refractivity (Wildman–Crippen MR) is 73.4 cm³/mol. The van der Waals surface area contributed by atoms with Crippen molar-refractivity contribution in [2.75, 3.05) is 0 Å². The standard InChI is InChI=1S/C16H23F3/c1-11-7-8-13(14(2,3)4)9-12(11)10-15(5,6)16(17,18)19/h7-9H,10H2,1-6H3. The molecule has 0 unspecified atom stereocenters. The highest BCUT2D eigenvalue weighted by Gasteiger charge is 2.47. The third-order valence-electron chi connectivity index (χ3n) is 3.61. The Hall–Kier alpha value is -0.990. The number of halogens is 3. The molecular weight excluding hydrogens is 249 g/mol. The molecule has 0 saturated heterocycles. The number of hydrogen-bond donors (Lipinski definition) is 0. The van der Waals surface area contributed by atoms with E-state index in [9.17, 15) is 13.2 Å². The summed E-state index contributed by atoms with van der Waals surface area (Å²) < 4.78 is 39.0. The average Bonchev–Trinajstić information content (AvgIpc) is 2.17. The zero-order valence-corrected chi connectivity index (χ0v) is 12.6. The van der Waals surface area contributed by atoms with Crippen LogP contribution >= 0.6 is 0 Å². The van der Waals surface area contributed by atoms with E-state index >= 15 is 0 Å². The van der Waals surface area contributed by atoms with Crippen LogP contribution in [0.3, 0.4) is 0 Å². The maximum Gasteiger partial charge on any atom is 0.394 e. The quantitative estimate of drug-likeness (QED) is 0.674. The molecule has 0 bridgehead atoms. The molecular formula is C16H23F3. The Balaban J connectivity index is 3.15. The molecule has 0 spiro atoms. The Morgan fingerprint density at radius 3 is 1.89 bits per heavy atom. The number of hydrogen-bond acceptors (Lipinski definition) is 0. The van der Waals surface area contributed by atoms with Crippen LogP contribution in [0.2, 0.25) is 0 Å². The third kappa shape index (κ3) is 3.74. The monoisotopic (exact) mass is 272 g/mol. The van der Waals surface area contributed by atoms with E-state index in [-0.39, 0.29) is 11.8 Å². The molecule has 0 nitrogen and oxygen atoms in total. The van der Waals surface area contributed by atoms with E-state index in [1.807, 2.05) is 25.1 Å². The van der Waals surface area contributed by atoms with Gasteiger partial charge in [0.05, 0.1) is 5.41 Å². The number of aryl methyl sites for hydroxylation is 1. The molecule has 1 aromatic carbocycles. The van der Waals surface area contributed by atoms with Crippen LogP contribution in [-0.2, 0) is 11.8 Å². The van der Waals surface area contributed by atoms with E-state index in [2.05, 4.69) is 20.8 Å². The molecule has 1 aromatic rings. The molecule has 0 aliphatic carbocycles. The van der Waals surface area contributed by atoms with E-state index in [0.717, 1.165) is 16.7 Å². The van der Waals surface area contributed by atoms with Crippen molar-refractivity contribution >= 4 is 0 Å². The highest BCUT2D eigenvalue weighted by Crippen LogP contribution is 2.41. The third-order valence-corrected chi connectivity index (χ3v) is 3.61. The van der Waals surface area contributed by atoms with E-state index in [1.165, 1.54) is 13.8 Å². The summed E-state index contributed by atoms with van der Waals surface area (Å²) >= 11 is 0. The summed E-state index contributed by atoms with van der Waals surface area (Å²) in [6.45, 7) is 10.6. The molecule has 108 valence electrons.